The van der Waals surface area contributed by atoms with E-state index in [-0.39, 0.29) is 18.3 Å². The van der Waals surface area contributed by atoms with Crippen molar-refractivity contribution in [2.75, 3.05) is 20.8 Å². The number of halogens is 1. The molecule has 0 atom stereocenters. The minimum Gasteiger partial charge on any atom is -0.354 e. The van der Waals surface area contributed by atoms with Gasteiger partial charge in [0.1, 0.15) is 5.83 Å². The average molecular weight is 257 g/mol. The largest absolute Gasteiger partial charge is 0.354 e. The molecule has 0 aromatic rings. The Balaban J connectivity index is 2.95. The van der Waals surface area contributed by atoms with E-state index in [1.807, 2.05) is 6.92 Å². The number of hydrogen-bond donors (Lipinski definition) is 0. The SMILES string of the molecule is COC(CN(C(C)=O)C1=C(F)CCC(C)=C1)OC. The fourth-order valence-electron chi connectivity index (χ4n) is 1.83. The van der Waals surface area contributed by atoms with Crippen molar-refractivity contribution < 1.29 is 18.7 Å². The molecule has 102 valence electrons. The molecule has 0 fully saturated rings. The number of rotatable bonds is 5. The Kier molecular flexibility index (Phi) is 5.50. The summed E-state index contributed by atoms with van der Waals surface area (Å²) in [6, 6.07) is 0. The first kappa shape index (κ1) is 14.9. The maximum atomic E-state index is 13.8. The molecule has 0 spiro atoms. The molecule has 1 rings (SSSR count). The van der Waals surface area contributed by atoms with Crippen molar-refractivity contribution in [2.24, 2.45) is 0 Å². The Morgan fingerprint density at radius 2 is 2.06 bits per heavy atom. The molecule has 0 heterocycles. The predicted octanol–water partition coefficient (Wildman–Crippen LogP) is 2.38. The summed E-state index contributed by atoms with van der Waals surface area (Å²) < 4.78 is 24.0. The van der Waals surface area contributed by atoms with E-state index in [1.165, 1.54) is 26.0 Å². The summed E-state index contributed by atoms with van der Waals surface area (Å²) in [5.74, 6) is -0.494. The Morgan fingerprint density at radius 1 is 1.44 bits per heavy atom. The van der Waals surface area contributed by atoms with E-state index in [2.05, 4.69) is 0 Å². The molecule has 1 aliphatic carbocycles. The van der Waals surface area contributed by atoms with Crippen LogP contribution in [0.2, 0.25) is 0 Å². The molecule has 0 bridgehead atoms. The Morgan fingerprint density at radius 3 is 2.56 bits per heavy atom. The van der Waals surface area contributed by atoms with Gasteiger partial charge in [-0.3, -0.25) is 4.79 Å². The van der Waals surface area contributed by atoms with Crippen molar-refractivity contribution in [2.45, 2.75) is 33.0 Å². The summed E-state index contributed by atoms with van der Waals surface area (Å²) in [5.41, 5.74) is 1.38. The maximum absolute atomic E-state index is 13.8. The number of ether oxygens (including phenoxy) is 2. The van der Waals surface area contributed by atoms with Gasteiger partial charge in [0.05, 0.1) is 12.2 Å². The quantitative estimate of drug-likeness (QED) is 0.710. The number of methoxy groups -OCH3 is 2. The van der Waals surface area contributed by atoms with Crippen molar-refractivity contribution in [1.82, 2.24) is 4.90 Å². The number of allylic oxidation sites excluding steroid dienone is 3. The second-order valence-corrected chi connectivity index (χ2v) is 4.31. The van der Waals surface area contributed by atoms with Gasteiger partial charge in [0.15, 0.2) is 6.29 Å². The maximum Gasteiger partial charge on any atom is 0.224 e. The molecule has 0 radical (unpaired) electrons. The number of nitrogens with zero attached hydrogens (tertiary/aromatic N) is 1. The van der Waals surface area contributed by atoms with Gasteiger partial charge in [-0.15, -0.1) is 0 Å². The van der Waals surface area contributed by atoms with E-state index in [4.69, 9.17) is 9.47 Å². The van der Waals surface area contributed by atoms with Crippen LogP contribution in [0.5, 0.6) is 0 Å². The monoisotopic (exact) mass is 257 g/mol. The van der Waals surface area contributed by atoms with E-state index < -0.39 is 6.29 Å². The second kappa shape index (κ2) is 6.66. The summed E-state index contributed by atoms with van der Waals surface area (Å²) in [5, 5.41) is 0. The van der Waals surface area contributed by atoms with Crippen LogP contribution in [0.3, 0.4) is 0 Å². The van der Waals surface area contributed by atoms with Crippen LogP contribution >= 0.6 is 0 Å². The lowest BCUT2D eigenvalue weighted by Crippen LogP contribution is -2.37. The van der Waals surface area contributed by atoms with Gasteiger partial charge in [0.2, 0.25) is 5.91 Å². The zero-order valence-corrected chi connectivity index (χ0v) is 11.3. The molecule has 0 unspecified atom stereocenters. The standard InChI is InChI=1S/C13H20FNO3/c1-9-5-6-11(14)12(7-9)15(10(2)16)8-13(17-3)18-4/h7,13H,5-6,8H2,1-4H3. The van der Waals surface area contributed by atoms with Crippen LogP contribution in [-0.2, 0) is 14.3 Å². The van der Waals surface area contributed by atoms with E-state index >= 15 is 0 Å². The van der Waals surface area contributed by atoms with Crippen LogP contribution < -0.4 is 0 Å². The topological polar surface area (TPSA) is 38.8 Å². The Labute approximate surface area is 107 Å². The lowest BCUT2D eigenvalue weighted by molar-refractivity contribution is -0.140. The number of amides is 1. The lowest BCUT2D eigenvalue weighted by atomic mass is 10.0. The van der Waals surface area contributed by atoms with Gasteiger partial charge in [-0.1, -0.05) is 5.57 Å². The molecule has 0 N–H and O–H groups in total. The first-order chi connectivity index (χ1) is 8.49. The van der Waals surface area contributed by atoms with Crippen LogP contribution in [0, 0.1) is 0 Å². The summed E-state index contributed by atoms with van der Waals surface area (Å²) in [4.78, 5) is 13.0. The van der Waals surface area contributed by atoms with Crippen molar-refractivity contribution >= 4 is 5.91 Å². The van der Waals surface area contributed by atoms with Crippen LogP contribution in [0.1, 0.15) is 26.7 Å². The summed E-state index contributed by atoms with van der Waals surface area (Å²) in [6.07, 6.45) is 2.18. The third kappa shape index (κ3) is 3.65. The number of carbonyl (C=O) groups excluding carboxylic acids is 1. The van der Waals surface area contributed by atoms with Gasteiger partial charge in [-0.05, 0) is 19.4 Å². The molecular weight excluding hydrogens is 237 g/mol. The molecular formula is C13H20FNO3. The molecule has 4 nitrogen and oxygen atoms in total. The summed E-state index contributed by atoms with van der Waals surface area (Å²) in [7, 11) is 2.97. The van der Waals surface area contributed by atoms with Crippen molar-refractivity contribution in [3.8, 4) is 0 Å². The third-order valence-electron chi connectivity index (χ3n) is 2.93. The van der Waals surface area contributed by atoms with Crippen LogP contribution in [0.15, 0.2) is 23.2 Å². The van der Waals surface area contributed by atoms with Gasteiger partial charge in [0, 0.05) is 27.6 Å². The first-order valence-electron chi connectivity index (χ1n) is 5.89. The highest BCUT2D eigenvalue weighted by Gasteiger charge is 2.23. The minimum atomic E-state index is -0.565. The third-order valence-corrected chi connectivity index (χ3v) is 2.93. The average Bonchev–Trinajstić information content (AvgIpc) is 2.34. The summed E-state index contributed by atoms with van der Waals surface area (Å²) in [6.45, 7) is 3.50. The normalized spacial score (nSPS) is 16.0. The first-order valence-corrected chi connectivity index (χ1v) is 5.89. The molecule has 0 aliphatic heterocycles. The molecule has 1 aliphatic rings. The smallest absolute Gasteiger partial charge is 0.224 e. The van der Waals surface area contributed by atoms with Crippen molar-refractivity contribution in [1.29, 1.82) is 0 Å². The molecule has 0 saturated carbocycles. The molecule has 0 aromatic heterocycles. The van der Waals surface area contributed by atoms with Crippen molar-refractivity contribution in [3.63, 3.8) is 0 Å². The Hall–Kier alpha value is -1.20. The Bertz CT molecular complexity index is 372. The molecule has 1 amide bonds. The number of hydrogen-bond acceptors (Lipinski definition) is 3. The van der Waals surface area contributed by atoms with Crippen LogP contribution in [0.25, 0.3) is 0 Å². The lowest BCUT2D eigenvalue weighted by Gasteiger charge is -2.28. The molecule has 18 heavy (non-hydrogen) atoms. The predicted molar refractivity (Wildman–Crippen MR) is 66.3 cm³/mol. The molecule has 5 heteroatoms. The minimum absolute atomic E-state index is 0.175. The van der Waals surface area contributed by atoms with Gasteiger partial charge >= 0.3 is 0 Å². The second-order valence-electron chi connectivity index (χ2n) is 4.31. The van der Waals surface area contributed by atoms with E-state index in [0.717, 1.165) is 5.57 Å². The zero-order valence-electron chi connectivity index (χ0n) is 11.3. The van der Waals surface area contributed by atoms with E-state index in [9.17, 15) is 9.18 Å². The van der Waals surface area contributed by atoms with Crippen LogP contribution in [-0.4, -0.2) is 37.9 Å². The van der Waals surface area contributed by atoms with Gasteiger partial charge in [-0.2, -0.15) is 0 Å². The summed E-state index contributed by atoms with van der Waals surface area (Å²) >= 11 is 0. The van der Waals surface area contributed by atoms with Crippen molar-refractivity contribution in [3.05, 3.63) is 23.2 Å². The fraction of sp³-hybridized carbons (Fsp3) is 0.615. The van der Waals surface area contributed by atoms with Gasteiger partial charge in [0.25, 0.3) is 0 Å². The fourth-order valence-corrected chi connectivity index (χ4v) is 1.83. The number of carbonyl (C=O) groups is 1. The molecule has 0 aromatic carbocycles. The zero-order chi connectivity index (χ0) is 13.7. The highest BCUT2D eigenvalue weighted by atomic mass is 19.1. The van der Waals surface area contributed by atoms with Gasteiger partial charge < -0.3 is 14.4 Å². The van der Waals surface area contributed by atoms with E-state index in [1.54, 1.807) is 6.08 Å². The molecule has 0 saturated heterocycles. The highest BCUT2D eigenvalue weighted by molar-refractivity contribution is 5.76. The van der Waals surface area contributed by atoms with E-state index in [0.29, 0.717) is 18.5 Å². The highest BCUT2D eigenvalue weighted by Crippen LogP contribution is 2.27. The van der Waals surface area contributed by atoms with Gasteiger partial charge in [-0.25, -0.2) is 4.39 Å². The van der Waals surface area contributed by atoms with Crippen LogP contribution in [0.4, 0.5) is 4.39 Å².